The second-order valence-corrected chi connectivity index (χ2v) is 10.3. The number of thiazole rings is 1. The molecule has 4 aliphatic rings. The van der Waals surface area contributed by atoms with Gasteiger partial charge in [-0.2, -0.15) is 8.78 Å². The van der Waals surface area contributed by atoms with Crippen LogP contribution in [0.2, 0.25) is 0 Å². The van der Waals surface area contributed by atoms with Gasteiger partial charge in [0.15, 0.2) is 5.13 Å². The molecule has 8 heteroatoms. The van der Waals surface area contributed by atoms with Crippen molar-refractivity contribution in [3.63, 3.8) is 0 Å². The van der Waals surface area contributed by atoms with Crippen molar-refractivity contribution in [2.24, 2.45) is 17.8 Å². The molecule has 0 unspecified atom stereocenters. The molecule has 4 nitrogen and oxygen atoms in total. The van der Waals surface area contributed by atoms with Crippen LogP contribution in [0.3, 0.4) is 0 Å². The lowest BCUT2D eigenvalue weighted by Gasteiger charge is -2.56. The number of hydrogen-bond donors (Lipinski definition) is 1. The average Bonchev–Trinajstić information content (AvgIpc) is 3.10. The third-order valence-electron chi connectivity index (χ3n) is 6.52. The Morgan fingerprint density at radius 3 is 2.54 bits per heavy atom. The summed E-state index contributed by atoms with van der Waals surface area (Å²) in [5.74, 6) is -0.576. The number of halogens is 2. The van der Waals surface area contributed by atoms with Crippen LogP contribution in [-0.2, 0) is 5.41 Å². The van der Waals surface area contributed by atoms with Crippen LogP contribution in [0.15, 0.2) is 28.7 Å². The van der Waals surface area contributed by atoms with Crippen molar-refractivity contribution >= 4 is 34.1 Å². The van der Waals surface area contributed by atoms with Gasteiger partial charge in [-0.25, -0.2) is 9.97 Å². The predicted octanol–water partition coefficient (Wildman–Crippen LogP) is 5.57. The van der Waals surface area contributed by atoms with Crippen molar-refractivity contribution in [1.29, 1.82) is 0 Å². The topological polar surface area (TPSA) is 54.9 Å². The highest BCUT2D eigenvalue weighted by Gasteiger charge is 2.52. The van der Waals surface area contributed by atoms with E-state index in [4.69, 9.17) is 4.98 Å². The largest absolute Gasteiger partial charge is 0.298 e. The summed E-state index contributed by atoms with van der Waals surface area (Å²) >= 11 is 1.71. The van der Waals surface area contributed by atoms with Crippen LogP contribution in [0.25, 0.3) is 0 Å². The van der Waals surface area contributed by atoms with E-state index in [9.17, 15) is 13.6 Å². The lowest BCUT2D eigenvalue weighted by atomic mass is 9.49. The highest BCUT2D eigenvalue weighted by molar-refractivity contribution is 7.99. The van der Waals surface area contributed by atoms with Crippen molar-refractivity contribution in [2.45, 2.75) is 54.7 Å². The number of nitrogens with one attached hydrogen (secondary N) is 1. The number of amides is 1. The number of carbonyl (C=O) groups excluding carboxylic acids is 1. The summed E-state index contributed by atoms with van der Waals surface area (Å²) in [7, 11) is 0. The summed E-state index contributed by atoms with van der Waals surface area (Å²) in [5.41, 5.74) is 1.44. The van der Waals surface area contributed by atoms with E-state index in [2.05, 4.69) is 15.7 Å². The van der Waals surface area contributed by atoms with Crippen LogP contribution >= 0.6 is 23.1 Å². The Morgan fingerprint density at radius 1 is 1.21 bits per heavy atom. The Bertz CT molecular complexity index is 866. The zero-order valence-corrected chi connectivity index (χ0v) is 16.9. The number of nitrogens with zero attached hydrogens (tertiary/aromatic N) is 2. The van der Waals surface area contributed by atoms with Crippen LogP contribution in [-0.4, -0.2) is 21.6 Å². The number of anilines is 1. The maximum atomic E-state index is 12.7. The molecule has 0 spiro atoms. The van der Waals surface area contributed by atoms with Gasteiger partial charge in [-0.3, -0.25) is 10.1 Å². The van der Waals surface area contributed by atoms with Crippen molar-refractivity contribution in [1.82, 2.24) is 9.97 Å². The molecule has 2 heterocycles. The van der Waals surface area contributed by atoms with E-state index in [1.54, 1.807) is 6.07 Å². The van der Waals surface area contributed by atoms with Crippen LogP contribution < -0.4 is 5.32 Å². The van der Waals surface area contributed by atoms with Crippen LogP contribution in [0.1, 0.15) is 54.6 Å². The quantitative estimate of drug-likeness (QED) is 0.641. The molecule has 2 aromatic rings. The molecule has 148 valence electrons. The molecule has 2 aromatic heterocycles. The van der Waals surface area contributed by atoms with Crippen molar-refractivity contribution in [3.05, 3.63) is 35.0 Å². The first-order chi connectivity index (χ1) is 13.5. The smallest absolute Gasteiger partial charge is 0.290 e. The monoisotopic (exact) mass is 421 g/mol. The minimum absolute atomic E-state index is 0.0351. The summed E-state index contributed by atoms with van der Waals surface area (Å²) < 4.78 is 25.5. The molecule has 4 bridgehead atoms. The summed E-state index contributed by atoms with van der Waals surface area (Å²) in [6.07, 6.45) is 9.18. The van der Waals surface area contributed by atoms with Gasteiger partial charge in [-0.15, -0.1) is 11.3 Å². The highest BCUT2D eigenvalue weighted by Crippen LogP contribution is 2.60. The van der Waals surface area contributed by atoms with Gasteiger partial charge in [0.05, 0.1) is 11.3 Å². The van der Waals surface area contributed by atoms with Gasteiger partial charge < -0.3 is 0 Å². The molecule has 0 atom stereocenters. The fourth-order valence-corrected chi connectivity index (χ4v) is 7.31. The SMILES string of the molecule is O=C(Nc1nc(C23CC4CC(CC(C4)C2)C3)cs1)c1cccnc1SC(F)F. The Labute approximate surface area is 170 Å². The molecular weight excluding hydrogens is 400 g/mol. The van der Waals surface area contributed by atoms with E-state index in [1.807, 2.05) is 0 Å². The van der Waals surface area contributed by atoms with E-state index < -0.39 is 11.7 Å². The van der Waals surface area contributed by atoms with Crippen molar-refractivity contribution < 1.29 is 13.6 Å². The lowest BCUT2D eigenvalue weighted by Crippen LogP contribution is -2.48. The van der Waals surface area contributed by atoms with E-state index in [1.165, 1.54) is 62.1 Å². The van der Waals surface area contributed by atoms with Gasteiger partial charge in [-0.1, -0.05) is 0 Å². The fourth-order valence-electron chi connectivity index (χ4n) is 5.91. The molecular formula is C20H21F2N3OS2. The molecule has 0 saturated heterocycles. The van der Waals surface area contributed by atoms with E-state index in [0.717, 1.165) is 23.4 Å². The minimum atomic E-state index is -2.62. The molecule has 0 aromatic carbocycles. The van der Waals surface area contributed by atoms with Crippen LogP contribution in [0, 0.1) is 17.8 Å². The van der Waals surface area contributed by atoms with Crippen LogP contribution in [0.5, 0.6) is 0 Å². The Morgan fingerprint density at radius 2 is 1.89 bits per heavy atom. The molecule has 6 rings (SSSR count). The molecule has 4 saturated carbocycles. The standard InChI is InChI=1S/C20H21F2N3OS2/c21-18(22)28-17-14(2-1-3-23-17)16(26)25-19-24-15(10-27-19)20-7-11-4-12(8-20)6-13(5-11)9-20/h1-3,10-13,18H,4-9H2,(H,24,25,26). The molecule has 4 aliphatic carbocycles. The number of pyridine rings is 1. The second kappa shape index (κ2) is 7.06. The van der Waals surface area contributed by atoms with Gasteiger partial charge in [0.2, 0.25) is 0 Å². The average molecular weight is 422 g/mol. The van der Waals surface area contributed by atoms with Crippen molar-refractivity contribution in [2.75, 3.05) is 5.32 Å². The van der Waals surface area contributed by atoms with E-state index >= 15 is 0 Å². The number of thioether (sulfide) groups is 1. The van der Waals surface area contributed by atoms with Gasteiger partial charge in [0.25, 0.3) is 11.7 Å². The first-order valence-electron chi connectivity index (χ1n) is 9.68. The minimum Gasteiger partial charge on any atom is -0.298 e. The normalized spacial score (nSPS) is 30.8. The molecule has 28 heavy (non-hydrogen) atoms. The maximum Gasteiger partial charge on any atom is 0.290 e. The summed E-state index contributed by atoms with van der Waals surface area (Å²) in [5, 5.41) is 5.45. The van der Waals surface area contributed by atoms with Gasteiger partial charge in [0.1, 0.15) is 5.03 Å². The maximum absolute atomic E-state index is 12.7. The van der Waals surface area contributed by atoms with Crippen molar-refractivity contribution in [3.8, 4) is 0 Å². The molecule has 1 N–H and O–H groups in total. The van der Waals surface area contributed by atoms with Crippen LogP contribution in [0.4, 0.5) is 13.9 Å². The Kier molecular flexibility index (Phi) is 4.66. The Balaban J connectivity index is 1.35. The molecule has 0 aliphatic heterocycles. The zero-order chi connectivity index (χ0) is 19.3. The number of hydrogen-bond acceptors (Lipinski definition) is 5. The summed E-state index contributed by atoms with van der Waals surface area (Å²) in [4.78, 5) is 21.3. The fraction of sp³-hybridized carbons (Fsp3) is 0.550. The third kappa shape index (κ3) is 3.34. The number of carbonyl (C=O) groups is 1. The lowest BCUT2D eigenvalue weighted by molar-refractivity contribution is -0.00688. The summed E-state index contributed by atoms with van der Waals surface area (Å²) in [6.45, 7) is 0. The van der Waals surface area contributed by atoms with Gasteiger partial charge >= 0.3 is 0 Å². The number of rotatable bonds is 5. The first-order valence-corrected chi connectivity index (χ1v) is 11.4. The number of aromatic nitrogens is 2. The molecule has 1 amide bonds. The first kappa shape index (κ1) is 18.5. The third-order valence-corrected chi connectivity index (χ3v) is 8.01. The Hall–Kier alpha value is -1.54. The summed E-state index contributed by atoms with van der Waals surface area (Å²) in [6, 6.07) is 3.09. The highest BCUT2D eigenvalue weighted by atomic mass is 32.2. The zero-order valence-electron chi connectivity index (χ0n) is 15.2. The van der Waals surface area contributed by atoms with E-state index in [0.29, 0.717) is 5.13 Å². The second-order valence-electron chi connectivity index (χ2n) is 8.42. The predicted molar refractivity (Wildman–Crippen MR) is 106 cm³/mol. The van der Waals surface area contributed by atoms with E-state index in [-0.39, 0.29) is 27.8 Å². The molecule has 4 fully saturated rings. The number of alkyl halides is 2. The molecule has 0 radical (unpaired) electrons. The van der Waals surface area contributed by atoms with Gasteiger partial charge in [-0.05, 0) is 80.2 Å². The van der Waals surface area contributed by atoms with Gasteiger partial charge in [0, 0.05) is 17.0 Å².